The first-order chi connectivity index (χ1) is 11.9. The van der Waals surface area contributed by atoms with Gasteiger partial charge in [0.1, 0.15) is 17.5 Å². The Morgan fingerprint density at radius 2 is 1.64 bits per heavy atom. The number of carbonyl (C=O) groups excluding carboxylic acids is 2. The fourth-order valence-electron chi connectivity index (χ4n) is 2.46. The molecule has 1 rings (SSSR count). The Labute approximate surface area is 151 Å². The molecule has 0 bridgehead atoms. The van der Waals surface area contributed by atoms with Crippen LogP contribution in [0.25, 0.3) is 0 Å². The Morgan fingerprint density at radius 3 is 2.16 bits per heavy atom. The second-order valence-corrected chi connectivity index (χ2v) is 6.67. The van der Waals surface area contributed by atoms with Crippen LogP contribution < -0.4 is 0 Å². The molecule has 0 radical (unpaired) electrons. The normalized spacial score (nSPS) is 12.3. The molecule has 25 heavy (non-hydrogen) atoms. The summed E-state index contributed by atoms with van der Waals surface area (Å²) in [6.07, 6.45) is 3.51. The number of carbonyl (C=O) groups is 2. The van der Waals surface area contributed by atoms with Crippen LogP contribution >= 0.6 is 0 Å². The lowest BCUT2D eigenvalue weighted by atomic mass is 10.0. The van der Waals surface area contributed by atoms with Gasteiger partial charge in [0.15, 0.2) is 0 Å². The van der Waals surface area contributed by atoms with Crippen LogP contribution in [0, 0.1) is 11.8 Å². The quantitative estimate of drug-likeness (QED) is 0.575. The molecule has 5 nitrogen and oxygen atoms in total. The van der Waals surface area contributed by atoms with Crippen molar-refractivity contribution in [2.45, 2.75) is 66.4 Å². The second-order valence-electron chi connectivity index (χ2n) is 6.67. The zero-order valence-corrected chi connectivity index (χ0v) is 16.1. The minimum atomic E-state index is -0.504. The maximum Gasteiger partial charge on any atom is 0.357 e. The van der Waals surface area contributed by atoms with Gasteiger partial charge in [-0.1, -0.05) is 59.9 Å². The van der Waals surface area contributed by atoms with Crippen molar-refractivity contribution in [2.75, 3.05) is 6.61 Å². The number of aromatic nitrogens is 1. The first-order valence-corrected chi connectivity index (χ1v) is 9.27. The molecule has 140 valence electrons. The van der Waals surface area contributed by atoms with E-state index in [1.807, 2.05) is 13.8 Å². The van der Waals surface area contributed by atoms with Gasteiger partial charge in [-0.3, -0.25) is 0 Å². The number of ether oxygens (including phenoxy) is 2. The molecule has 1 atom stereocenters. The van der Waals surface area contributed by atoms with E-state index < -0.39 is 11.9 Å². The molecule has 1 aromatic heterocycles. The van der Waals surface area contributed by atoms with Crippen molar-refractivity contribution in [3.05, 3.63) is 29.6 Å². The van der Waals surface area contributed by atoms with Crippen LogP contribution in [0.5, 0.6) is 0 Å². The van der Waals surface area contributed by atoms with Gasteiger partial charge in [0, 0.05) is 0 Å². The SMILES string of the molecule is CCCC(OC(=O)c1cccc(C(=O)OCC(CC)CC)n1)C(C)C. The van der Waals surface area contributed by atoms with Crippen molar-refractivity contribution in [1.82, 2.24) is 4.98 Å². The number of rotatable bonds is 10. The van der Waals surface area contributed by atoms with Crippen molar-refractivity contribution >= 4 is 11.9 Å². The Balaban J connectivity index is 2.76. The van der Waals surface area contributed by atoms with E-state index in [-0.39, 0.29) is 23.4 Å². The predicted molar refractivity (Wildman–Crippen MR) is 97.5 cm³/mol. The van der Waals surface area contributed by atoms with E-state index in [0.717, 1.165) is 25.7 Å². The molecule has 5 heteroatoms. The van der Waals surface area contributed by atoms with E-state index in [0.29, 0.717) is 12.5 Å². The lowest BCUT2D eigenvalue weighted by molar-refractivity contribution is 0.0150. The minimum absolute atomic E-state index is 0.136. The number of hydrogen-bond acceptors (Lipinski definition) is 5. The second kappa shape index (κ2) is 10.9. The Bertz CT molecular complexity index is 552. The van der Waals surface area contributed by atoms with Gasteiger partial charge in [0.2, 0.25) is 0 Å². The average Bonchev–Trinajstić information content (AvgIpc) is 2.61. The number of hydrogen-bond donors (Lipinski definition) is 0. The molecule has 1 heterocycles. The smallest absolute Gasteiger partial charge is 0.357 e. The molecule has 0 aromatic carbocycles. The largest absolute Gasteiger partial charge is 0.461 e. The first kappa shape index (κ1) is 21.1. The molecule has 0 saturated carbocycles. The van der Waals surface area contributed by atoms with Gasteiger partial charge in [0.25, 0.3) is 0 Å². The third-order valence-electron chi connectivity index (χ3n) is 4.35. The summed E-state index contributed by atoms with van der Waals surface area (Å²) in [6.45, 7) is 10.6. The van der Waals surface area contributed by atoms with Crippen LogP contribution in [0.1, 0.15) is 81.3 Å². The molecule has 0 fully saturated rings. The highest BCUT2D eigenvalue weighted by Gasteiger charge is 2.21. The van der Waals surface area contributed by atoms with Crippen molar-refractivity contribution in [3.63, 3.8) is 0 Å². The molecule has 0 saturated heterocycles. The molecule has 0 aliphatic carbocycles. The predicted octanol–water partition coefficient (Wildman–Crippen LogP) is 4.66. The van der Waals surface area contributed by atoms with E-state index in [4.69, 9.17) is 9.47 Å². The van der Waals surface area contributed by atoms with Gasteiger partial charge >= 0.3 is 11.9 Å². The minimum Gasteiger partial charge on any atom is -0.461 e. The number of pyridine rings is 1. The maximum atomic E-state index is 12.3. The molecule has 0 aliphatic rings. The van der Waals surface area contributed by atoms with Gasteiger partial charge in [-0.2, -0.15) is 0 Å². The van der Waals surface area contributed by atoms with E-state index >= 15 is 0 Å². The molecule has 0 spiro atoms. The monoisotopic (exact) mass is 349 g/mol. The zero-order valence-electron chi connectivity index (χ0n) is 16.1. The number of esters is 2. The average molecular weight is 349 g/mol. The van der Waals surface area contributed by atoms with Gasteiger partial charge in [0.05, 0.1) is 6.61 Å². The molecule has 1 unspecified atom stereocenters. The summed E-state index contributed by atoms with van der Waals surface area (Å²) in [5.41, 5.74) is 0.274. The topological polar surface area (TPSA) is 65.5 Å². The van der Waals surface area contributed by atoms with E-state index in [2.05, 4.69) is 25.8 Å². The van der Waals surface area contributed by atoms with Crippen LogP contribution in [0.3, 0.4) is 0 Å². The Morgan fingerprint density at radius 1 is 1.04 bits per heavy atom. The lowest BCUT2D eigenvalue weighted by Crippen LogP contribution is -2.24. The lowest BCUT2D eigenvalue weighted by Gasteiger charge is -2.20. The Hall–Kier alpha value is -1.91. The van der Waals surface area contributed by atoms with E-state index in [1.54, 1.807) is 18.2 Å². The van der Waals surface area contributed by atoms with Crippen LogP contribution in [0.2, 0.25) is 0 Å². The highest BCUT2D eigenvalue weighted by molar-refractivity contribution is 5.91. The molecule has 0 aliphatic heterocycles. The highest BCUT2D eigenvalue weighted by Crippen LogP contribution is 2.15. The van der Waals surface area contributed by atoms with Crippen LogP contribution in [-0.2, 0) is 9.47 Å². The van der Waals surface area contributed by atoms with Gasteiger partial charge in [-0.25, -0.2) is 14.6 Å². The van der Waals surface area contributed by atoms with Crippen LogP contribution in [-0.4, -0.2) is 29.6 Å². The summed E-state index contributed by atoms with van der Waals surface area (Å²) in [4.78, 5) is 28.6. The summed E-state index contributed by atoms with van der Waals surface area (Å²) in [5.74, 6) is -0.424. The third-order valence-corrected chi connectivity index (χ3v) is 4.35. The maximum absolute atomic E-state index is 12.3. The fourth-order valence-corrected chi connectivity index (χ4v) is 2.46. The molecular weight excluding hydrogens is 318 g/mol. The Kier molecular flexibility index (Phi) is 9.17. The summed E-state index contributed by atoms with van der Waals surface area (Å²) in [7, 11) is 0. The van der Waals surface area contributed by atoms with E-state index in [9.17, 15) is 9.59 Å². The van der Waals surface area contributed by atoms with Crippen LogP contribution in [0.15, 0.2) is 18.2 Å². The van der Waals surface area contributed by atoms with Gasteiger partial charge < -0.3 is 9.47 Å². The van der Waals surface area contributed by atoms with E-state index in [1.165, 1.54) is 0 Å². The number of nitrogens with zero attached hydrogens (tertiary/aromatic N) is 1. The van der Waals surface area contributed by atoms with Gasteiger partial charge in [-0.05, 0) is 30.4 Å². The van der Waals surface area contributed by atoms with Crippen molar-refractivity contribution < 1.29 is 19.1 Å². The molecule has 1 aromatic rings. The summed E-state index contributed by atoms with van der Waals surface area (Å²) < 4.78 is 10.9. The third kappa shape index (κ3) is 6.85. The first-order valence-electron chi connectivity index (χ1n) is 9.27. The zero-order chi connectivity index (χ0) is 18.8. The standard InChI is InChI=1S/C20H31NO4/c1-6-10-18(14(4)5)25-20(23)17-12-9-11-16(21-17)19(22)24-13-15(7-2)8-3/h9,11-12,14-15,18H,6-8,10,13H2,1-5H3. The fraction of sp³-hybridized carbons (Fsp3) is 0.650. The van der Waals surface area contributed by atoms with Crippen molar-refractivity contribution in [1.29, 1.82) is 0 Å². The van der Waals surface area contributed by atoms with Crippen LogP contribution in [0.4, 0.5) is 0 Å². The molecule has 0 N–H and O–H groups in total. The molecular formula is C20H31NO4. The summed E-state index contributed by atoms with van der Waals surface area (Å²) >= 11 is 0. The summed E-state index contributed by atoms with van der Waals surface area (Å²) in [6, 6.07) is 4.74. The van der Waals surface area contributed by atoms with Crippen molar-refractivity contribution in [3.8, 4) is 0 Å². The van der Waals surface area contributed by atoms with Crippen molar-refractivity contribution in [2.24, 2.45) is 11.8 Å². The summed E-state index contributed by atoms with van der Waals surface area (Å²) in [5, 5.41) is 0. The molecule has 0 amide bonds. The highest BCUT2D eigenvalue weighted by atomic mass is 16.5. The van der Waals surface area contributed by atoms with Gasteiger partial charge in [-0.15, -0.1) is 0 Å².